The lowest BCUT2D eigenvalue weighted by atomic mass is 10.1. The smallest absolute Gasteiger partial charge is 0.135 e. The Hall–Kier alpha value is -0.630. The highest BCUT2D eigenvalue weighted by Gasteiger charge is 1.99. The highest BCUT2D eigenvalue weighted by molar-refractivity contribution is 5.78. The molecule has 0 heterocycles. The van der Waals surface area contributed by atoms with Gasteiger partial charge in [0.05, 0.1) is 0 Å². The lowest BCUT2D eigenvalue weighted by Gasteiger charge is -1.98. The zero-order valence-corrected chi connectivity index (χ0v) is 7.10. The molecule has 11 heavy (non-hydrogen) atoms. The van der Waals surface area contributed by atoms with Crippen molar-refractivity contribution in [1.82, 2.24) is 0 Å². The van der Waals surface area contributed by atoms with Gasteiger partial charge in [0, 0.05) is 19.4 Å². The van der Waals surface area contributed by atoms with Gasteiger partial charge in [-0.1, -0.05) is 5.57 Å². The highest BCUT2D eigenvalue weighted by atomic mass is 16.3. The summed E-state index contributed by atoms with van der Waals surface area (Å²) in [5.41, 5.74) is 1.11. The second-order valence-corrected chi connectivity index (χ2v) is 2.82. The second kappa shape index (κ2) is 6.10. The van der Waals surface area contributed by atoms with Crippen LogP contribution in [0.1, 0.15) is 32.6 Å². The zero-order chi connectivity index (χ0) is 8.69. The summed E-state index contributed by atoms with van der Waals surface area (Å²) >= 11 is 0. The SMILES string of the molecule is C=C(C)CCCC(=O)CCO. The maximum Gasteiger partial charge on any atom is 0.135 e. The first-order valence-corrected chi connectivity index (χ1v) is 3.93. The number of aliphatic hydroxyl groups is 1. The van der Waals surface area contributed by atoms with E-state index in [1.54, 1.807) is 0 Å². The van der Waals surface area contributed by atoms with E-state index in [0.29, 0.717) is 12.8 Å². The van der Waals surface area contributed by atoms with E-state index in [4.69, 9.17) is 5.11 Å². The molecule has 2 nitrogen and oxygen atoms in total. The van der Waals surface area contributed by atoms with E-state index >= 15 is 0 Å². The Morgan fingerprint density at radius 1 is 1.36 bits per heavy atom. The van der Waals surface area contributed by atoms with E-state index in [0.717, 1.165) is 18.4 Å². The Balaban J connectivity index is 3.24. The Bertz CT molecular complexity index is 138. The summed E-state index contributed by atoms with van der Waals surface area (Å²) in [5, 5.41) is 8.41. The first-order valence-electron chi connectivity index (χ1n) is 3.93. The molecule has 0 spiro atoms. The number of rotatable bonds is 6. The van der Waals surface area contributed by atoms with Crippen molar-refractivity contribution in [2.45, 2.75) is 32.6 Å². The Morgan fingerprint density at radius 3 is 2.45 bits per heavy atom. The summed E-state index contributed by atoms with van der Waals surface area (Å²) in [5.74, 6) is 0.147. The molecule has 0 rings (SSSR count). The second-order valence-electron chi connectivity index (χ2n) is 2.82. The van der Waals surface area contributed by atoms with Gasteiger partial charge in [-0.05, 0) is 19.8 Å². The van der Waals surface area contributed by atoms with Crippen LogP contribution in [0.5, 0.6) is 0 Å². The number of allylic oxidation sites excluding steroid dienone is 1. The van der Waals surface area contributed by atoms with Gasteiger partial charge in [-0.25, -0.2) is 0 Å². The van der Waals surface area contributed by atoms with Crippen LogP contribution in [0.2, 0.25) is 0 Å². The molecule has 0 radical (unpaired) electrons. The predicted molar refractivity (Wildman–Crippen MR) is 45.4 cm³/mol. The highest BCUT2D eigenvalue weighted by Crippen LogP contribution is 2.04. The van der Waals surface area contributed by atoms with Crippen LogP contribution in [0.4, 0.5) is 0 Å². The van der Waals surface area contributed by atoms with Gasteiger partial charge in [-0.15, -0.1) is 6.58 Å². The quantitative estimate of drug-likeness (QED) is 0.594. The molecule has 0 saturated heterocycles. The van der Waals surface area contributed by atoms with Gasteiger partial charge in [0.2, 0.25) is 0 Å². The van der Waals surface area contributed by atoms with Gasteiger partial charge in [-0.3, -0.25) is 4.79 Å². The van der Waals surface area contributed by atoms with Gasteiger partial charge in [0.15, 0.2) is 0 Å². The molecular weight excluding hydrogens is 140 g/mol. The lowest BCUT2D eigenvalue weighted by Crippen LogP contribution is -2.00. The van der Waals surface area contributed by atoms with Crippen LogP contribution < -0.4 is 0 Å². The molecule has 0 unspecified atom stereocenters. The zero-order valence-electron chi connectivity index (χ0n) is 7.10. The Morgan fingerprint density at radius 2 is 2.00 bits per heavy atom. The molecule has 0 amide bonds. The molecular formula is C9H16O2. The van der Waals surface area contributed by atoms with Gasteiger partial charge in [0.1, 0.15) is 5.78 Å². The van der Waals surface area contributed by atoms with Crippen molar-refractivity contribution in [3.8, 4) is 0 Å². The number of hydrogen-bond acceptors (Lipinski definition) is 2. The van der Waals surface area contributed by atoms with E-state index in [1.165, 1.54) is 0 Å². The van der Waals surface area contributed by atoms with E-state index in [-0.39, 0.29) is 12.4 Å². The summed E-state index contributed by atoms with van der Waals surface area (Å²) in [4.78, 5) is 10.8. The number of Topliss-reactive ketones (excluding diaryl/α,β-unsaturated/α-hetero) is 1. The molecule has 0 fully saturated rings. The summed E-state index contributed by atoms with van der Waals surface area (Å²) in [6.07, 6.45) is 2.66. The molecule has 0 aromatic carbocycles. The average Bonchev–Trinajstić information content (AvgIpc) is 1.87. The maximum atomic E-state index is 10.8. The largest absolute Gasteiger partial charge is 0.396 e. The minimum absolute atomic E-state index is 0.0219. The topological polar surface area (TPSA) is 37.3 Å². The van der Waals surface area contributed by atoms with Gasteiger partial charge in [-0.2, -0.15) is 0 Å². The van der Waals surface area contributed by atoms with Crippen LogP contribution in [0, 0.1) is 0 Å². The van der Waals surface area contributed by atoms with Crippen molar-refractivity contribution in [2.75, 3.05) is 6.61 Å². The van der Waals surface area contributed by atoms with Crippen LogP contribution in [0.15, 0.2) is 12.2 Å². The number of hydrogen-bond donors (Lipinski definition) is 1. The number of aliphatic hydroxyl groups excluding tert-OH is 1. The molecule has 0 aromatic rings. The monoisotopic (exact) mass is 156 g/mol. The van der Waals surface area contributed by atoms with E-state index in [1.807, 2.05) is 6.92 Å². The summed E-state index contributed by atoms with van der Waals surface area (Å²) in [6.45, 7) is 5.67. The van der Waals surface area contributed by atoms with Gasteiger partial charge >= 0.3 is 0 Å². The van der Waals surface area contributed by atoms with Gasteiger partial charge < -0.3 is 5.11 Å². The van der Waals surface area contributed by atoms with Crippen molar-refractivity contribution in [1.29, 1.82) is 0 Å². The normalized spacial score (nSPS) is 9.64. The standard InChI is InChI=1S/C9H16O2/c1-8(2)4-3-5-9(11)6-7-10/h10H,1,3-7H2,2H3. The van der Waals surface area contributed by atoms with Crippen molar-refractivity contribution >= 4 is 5.78 Å². The van der Waals surface area contributed by atoms with Crippen molar-refractivity contribution in [3.05, 3.63) is 12.2 Å². The Labute approximate surface area is 67.9 Å². The molecule has 0 bridgehead atoms. The molecule has 2 heteroatoms. The molecule has 0 aliphatic rings. The first kappa shape index (κ1) is 10.4. The van der Waals surface area contributed by atoms with Crippen molar-refractivity contribution < 1.29 is 9.90 Å². The Kier molecular flexibility index (Phi) is 5.75. The van der Waals surface area contributed by atoms with Gasteiger partial charge in [0.25, 0.3) is 0 Å². The molecule has 0 aliphatic carbocycles. The third-order valence-electron chi connectivity index (χ3n) is 1.45. The van der Waals surface area contributed by atoms with Crippen LogP contribution in [0.3, 0.4) is 0 Å². The summed E-state index contributed by atoms with van der Waals surface area (Å²) in [6, 6.07) is 0. The summed E-state index contributed by atoms with van der Waals surface area (Å²) < 4.78 is 0. The third-order valence-corrected chi connectivity index (χ3v) is 1.45. The van der Waals surface area contributed by atoms with E-state index in [9.17, 15) is 4.79 Å². The minimum atomic E-state index is -0.0219. The van der Waals surface area contributed by atoms with Crippen molar-refractivity contribution in [3.63, 3.8) is 0 Å². The molecule has 0 atom stereocenters. The molecule has 1 N–H and O–H groups in total. The van der Waals surface area contributed by atoms with Crippen LogP contribution in [-0.4, -0.2) is 17.5 Å². The lowest BCUT2D eigenvalue weighted by molar-refractivity contribution is -0.119. The van der Waals surface area contributed by atoms with Crippen LogP contribution >= 0.6 is 0 Å². The third kappa shape index (κ3) is 7.26. The molecule has 0 saturated carbocycles. The van der Waals surface area contributed by atoms with Crippen LogP contribution in [-0.2, 0) is 4.79 Å². The average molecular weight is 156 g/mol. The molecule has 0 aliphatic heterocycles. The fourth-order valence-electron chi connectivity index (χ4n) is 0.837. The van der Waals surface area contributed by atoms with Crippen LogP contribution in [0.25, 0.3) is 0 Å². The number of ketones is 1. The fraction of sp³-hybridized carbons (Fsp3) is 0.667. The molecule has 0 aromatic heterocycles. The van der Waals surface area contributed by atoms with E-state index in [2.05, 4.69) is 6.58 Å². The summed E-state index contributed by atoms with van der Waals surface area (Å²) in [7, 11) is 0. The minimum Gasteiger partial charge on any atom is -0.396 e. The predicted octanol–water partition coefficient (Wildman–Crippen LogP) is 1.68. The first-order chi connectivity index (χ1) is 5.16. The molecule has 64 valence electrons. The fourth-order valence-corrected chi connectivity index (χ4v) is 0.837. The van der Waals surface area contributed by atoms with Crippen molar-refractivity contribution in [2.24, 2.45) is 0 Å². The number of carbonyl (C=O) groups is 1. The number of carbonyl (C=O) groups excluding carboxylic acids is 1. The van der Waals surface area contributed by atoms with E-state index < -0.39 is 0 Å². The maximum absolute atomic E-state index is 10.8.